The number of nitrogens with zero attached hydrogens (tertiary/aromatic N) is 2. The van der Waals surface area contributed by atoms with Crippen LogP contribution in [0.15, 0.2) is 54.9 Å². The maximum atomic E-state index is 13.4. The normalized spacial score (nSPS) is 16.2. The van der Waals surface area contributed by atoms with Crippen molar-refractivity contribution in [3.63, 3.8) is 0 Å². The van der Waals surface area contributed by atoms with Crippen LogP contribution in [0.5, 0.6) is 0 Å². The third kappa shape index (κ3) is 3.11. The zero-order valence-corrected chi connectivity index (χ0v) is 14.3. The summed E-state index contributed by atoms with van der Waals surface area (Å²) in [6.07, 6.45) is 1.60. The highest BCUT2D eigenvalue weighted by Crippen LogP contribution is 2.28. The molecule has 0 saturated heterocycles. The Morgan fingerprint density at radius 1 is 1.27 bits per heavy atom. The van der Waals surface area contributed by atoms with Gasteiger partial charge in [0.25, 0.3) is 5.91 Å². The van der Waals surface area contributed by atoms with Crippen molar-refractivity contribution in [2.45, 2.75) is 26.2 Å². The number of nitrogens with one attached hydrogen (secondary N) is 1. The Hall–Kier alpha value is -2.99. The molecular formula is C20H18FN3O2. The molecule has 1 amide bonds. The lowest BCUT2D eigenvalue weighted by Gasteiger charge is -2.25. The van der Waals surface area contributed by atoms with Gasteiger partial charge >= 0.3 is 0 Å². The van der Waals surface area contributed by atoms with Crippen molar-refractivity contribution in [1.82, 2.24) is 9.55 Å². The molecule has 2 heterocycles. The first-order chi connectivity index (χ1) is 12.6. The number of aromatic nitrogens is 2. The second kappa shape index (κ2) is 6.72. The number of aryl methyl sites for hydroxylation is 1. The number of hydrogen-bond donors (Lipinski definition) is 1. The summed E-state index contributed by atoms with van der Waals surface area (Å²) in [6, 6.07) is 14.4. The Morgan fingerprint density at radius 2 is 2.08 bits per heavy atom. The molecule has 3 aromatic rings. The van der Waals surface area contributed by atoms with E-state index >= 15 is 0 Å². The van der Waals surface area contributed by atoms with Crippen molar-refractivity contribution in [3.8, 4) is 0 Å². The van der Waals surface area contributed by atoms with Crippen LogP contribution in [0.1, 0.15) is 33.4 Å². The molecule has 1 N–H and O–H groups in total. The van der Waals surface area contributed by atoms with Crippen LogP contribution in [0.3, 0.4) is 0 Å². The molecule has 5 nitrogen and oxygen atoms in total. The molecule has 4 rings (SSSR count). The molecule has 132 valence electrons. The highest BCUT2D eigenvalue weighted by Gasteiger charge is 2.26. The number of hydrogen-bond acceptors (Lipinski definition) is 3. The summed E-state index contributed by atoms with van der Waals surface area (Å²) in [7, 11) is 0. The third-order valence-corrected chi connectivity index (χ3v) is 4.53. The van der Waals surface area contributed by atoms with Gasteiger partial charge in [0.15, 0.2) is 5.69 Å². The standard InChI is InChI=1S/C20H18FN3O2/c1-13-9-15(7-8-16(13)21)23-20(25)19-17-11-26-18(10-24(17)12-22-19)14-5-3-2-4-6-14/h2-9,12,18H,10-11H2,1H3,(H,23,25)/t18-/m0/s1. The number of anilines is 1. The molecule has 0 fully saturated rings. The molecule has 1 aliphatic heterocycles. The van der Waals surface area contributed by atoms with Crippen molar-refractivity contribution >= 4 is 11.6 Å². The molecule has 1 aliphatic rings. The monoisotopic (exact) mass is 351 g/mol. The summed E-state index contributed by atoms with van der Waals surface area (Å²) in [6.45, 7) is 2.57. The molecule has 0 unspecified atom stereocenters. The van der Waals surface area contributed by atoms with Crippen LogP contribution in [0.2, 0.25) is 0 Å². The van der Waals surface area contributed by atoms with Crippen molar-refractivity contribution < 1.29 is 13.9 Å². The quantitative estimate of drug-likeness (QED) is 0.780. The van der Waals surface area contributed by atoms with Gasteiger partial charge in [-0.3, -0.25) is 4.79 Å². The molecule has 0 spiro atoms. The van der Waals surface area contributed by atoms with Crippen LogP contribution in [0.25, 0.3) is 0 Å². The van der Waals surface area contributed by atoms with Gasteiger partial charge in [-0.05, 0) is 36.2 Å². The Morgan fingerprint density at radius 3 is 2.85 bits per heavy atom. The average Bonchev–Trinajstić information content (AvgIpc) is 3.09. The van der Waals surface area contributed by atoms with Gasteiger partial charge in [-0.2, -0.15) is 0 Å². The number of amides is 1. The average molecular weight is 351 g/mol. The SMILES string of the molecule is Cc1cc(NC(=O)c2ncn3c2CO[C@H](c2ccccc2)C3)ccc1F. The Labute approximate surface area is 150 Å². The fourth-order valence-corrected chi connectivity index (χ4v) is 3.10. The van der Waals surface area contributed by atoms with Crippen LogP contribution < -0.4 is 5.32 Å². The zero-order valence-electron chi connectivity index (χ0n) is 14.3. The number of rotatable bonds is 3. The number of carbonyl (C=O) groups excluding carboxylic acids is 1. The minimum Gasteiger partial charge on any atom is -0.365 e. The zero-order chi connectivity index (χ0) is 18.1. The lowest BCUT2D eigenvalue weighted by molar-refractivity contribution is 0.00265. The van der Waals surface area contributed by atoms with Gasteiger partial charge in [0.1, 0.15) is 11.9 Å². The number of imidazole rings is 1. The molecule has 1 aromatic heterocycles. The van der Waals surface area contributed by atoms with E-state index in [0.29, 0.717) is 30.1 Å². The summed E-state index contributed by atoms with van der Waals surface area (Å²) in [5, 5.41) is 2.77. The summed E-state index contributed by atoms with van der Waals surface area (Å²) >= 11 is 0. The summed E-state index contributed by atoms with van der Waals surface area (Å²) < 4.78 is 21.3. The first kappa shape index (κ1) is 16.5. The fourth-order valence-electron chi connectivity index (χ4n) is 3.10. The largest absolute Gasteiger partial charge is 0.365 e. The van der Waals surface area contributed by atoms with E-state index in [4.69, 9.17) is 4.74 Å². The number of fused-ring (bicyclic) bond motifs is 1. The van der Waals surface area contributed by atoms with Crippen LogP contribution in [0.4, 0.5) is 10.1 Å². The van der Waals surface area contributed by atoms with Gasteiger partial charge in [-0.25, -0.2) is 9.37 Å². The maximum absolute atomic E-state index is 13.4. The molecule has 0 aliphatic carbocycles. The van der Waals surface area contributed by atoms with Crippen LogP contribution in [-0.4, -0.2) is 15.5 Å². The molecule has 2 aromatic carbocycles. The third-order valence-electron chi connectivity index (χ3n) is 4.53. The van der Waals surface area contributed by atoms with E-state index in [9.17, 15) is 9.18 Å². The van der Waals surface area contributed by atoms with E-state index in [0.717, 1.165) is 11.3 Å². The van der Waals surface area contributed by atoms with Gasteiger partial charge in [0.2, 0.25) is 0 Å². The first-order valence-corrected chi connectivity index (χ1v) is 8.40. The van der Waals surface area contributed by atoms with Gasteiger partial charge in [0.05, 0.1) is 25.2 Å². The summed E-state index contributed by atoms with van der Waals surface area (Å²) in [5.74, 6) is -0.630. The molecule has 6 heteroatoms. The molecular weight excluding hydrogens is 333 g/mol. The Bertz CT molecular complexity index is 953. The van der Waals surface area contributed by atoms with Crippen LogP contribution in [0, 0.1) is 12.7 Å². The van der Waals surface area contributed by atoms with Crippen molar-refractivity contribution in [3.05, 3.63) is 83.2 Å². The maximum Gasteiger partial charge on any atom is 0.276 e. The van der Waals surface area contributed by atoms with Crippen molar-refractivity contribution in [2.24, 2.45) is 0 Å². The number of carbonyl (C=O) groups is 1. The first-order valence-electron chi connectivity index (χ1n) is 8.40. The minimum atomic E-state index is -0.327. The van der Waals surface area contributed by atoms with Crippen LogP contribution in [-0.2, 0) is 17.9 Å². The lowest BCUT2D eigenvalue weighted by atomic mass is 10.1. The lowest BCUT2D eigenvalue weighted by Crippen LogP contribution is -2.23. The second-order valence-electron chi connectivity index (χ2n) is 6.32. The fraction of sp³-hybridized carbons (Fsp3) is 0.200. The number of ether oxygens (including phenoxy) is 1. The second-order valence-corrected chi connectivity index (χ2v) is 6.32. The van der Waals surface area contributed by atoms with Gasteiger partial charge in [-0.15, -0.1) is 0 Å². The van der Waals surface area contributed by atoms with E-state index in [2.05, 4.69) is 10.3 Å². The van der Waals surface area contributed by atoms with Gasteiger partial charge < -0.3 is 14.6 Å². The Balaban J connectivity index is 1.52. The highest BCUT2D eigenvalue weighted by atomic mass is 19.1. The Kier molecular flexibility index (Phi) is 4.26. The minimum absolute atomic E-state index is 0.0615. The van der Waals surface area contributed by atoms with E-state index in [1.165, 1.54) is 12.1 Å². The topological polar surface area (TPSA) is 56.2 Å². The predicted molar refractivity (Wildman–Crippen MR) is 95.3 cm³/mol. The number of halogens is 1. The van der Waals surface area contributed by atoms with E-state index < -0.39 is 0 Å². The highest BCUT2D eigenvalue weighted by molar-refractivity contribution is 6.03. The molecule has 1 atom stereocenters. The van der Waals surface area contributed by atoms with Crippen molar-refractivity contribution in [2.75, 3.05) is 5.32 Å². The molecule has 26 heavy (non-hydrogen) atoms. The number of benzene rings is 2. The molecule has 0 radical (unpaired) electrons. The summed E-state index contributed by atoms with van der Waals surface area (Å²) in [4.78, 5) is 16.8. The van der Waals surface area contributed by atoms with Gasteiger partial charge in [-0.1, -0.05) is 30.3 Å². The van der Waals surface area contributed by atoms with E-state index in [1.807, 2.05) is 34.9 Å². The smallest absolute Gasteiger partial charge is 0.276 e. The molecule has 0 saturated carbocycles. The van der Waals surface area contributed by atoms with E-state index in [-0.39, 0.29) is 17.8 Å². The summed E-state index contributed by atoms with van der Waals surface area (Å²) in [5.41, 5.74) is 3.19. The predicted octanol–water partition coefficient (Wildman–Crippen LogP) is 3.85. The molecule has 0 bridgehead atoms. The van der Waals surface area contributed by atoms with E-state index in [1.54, 1.807) is 19.3 Å². The van der Waals surface area contributed by atoms with Crippen molar-refractivity contribution in [1.29, 1.82) is 0 Å². The van der Waals surface area contributed by atoms with Crippen LogP contribution >= 0.6 is 0 Å². The van der Waals surface area contributed by atoms with Gasteiger partial charge in [0, 0.05) is 5.69 Å².